The van der Waals surface area contributed by atoms with E-state index in [-0.39, 0.29) is 0 Å². The topological polar surface area (TPSA) is 29.9 Å². The van der Waals surface area contributed by atoms with Crippen LogP contribution < -0.4 is 5.32 Å². The van der Waals surface area contributed by atoms with Crippen LogP contribution in [0.1, 0.15) is 36.7 Å². The Balaban J connectivity index is 1.84. The third-order valence-electron chi connectivity index (χ3n) is 4.10. The molecule has 0 aliphatic carbocycles. The van der Waals surface area contributed by atoms with E-state index >= 15 is 0 Å². The fraction of sp³-hybridized carbons (Fsp3) is 0.500. The van der Waals surface area contributed by atoms with Crippen LogP contribution in [0.25, 0.3) is 11.0 Å². The number of rotatable bonds is 1. The summed E-state index contributed by atoms with van der Waals surface area (Å²) in [4.78, 5) is 4.70. The van der Waals surface area contributed by atoms with Crippen LogP contribution >= 0.6 is 0 Å². The first-order chi connectivity index (χ1) is 8.42. The fourth-order valence-corrected chi connectivity index (χ4v) is 3.21. The van der Waals surface area contributed by atoms with Crippen molar-refractivity contribution < 1.29 is 0 Å². The van der Waals surface area contributed by atoms with Gasteiger partial charge in [-0.1, -0.05) is 6.07 Å². The predicted octanol–water partition coefficient (Wildman–Crippen LogP) is 2.41. The van der Waals surface area contributed by atoms with Crippen molar-refractivity contribution in [3.05, 3.63) is 29.6 Å². The number of aryl methyl sites for hydroxylation is 2. The quantitative estimate of drug-likeness (QED) is 0.810. The monoisotopic (exact) mass is 227 g/mol. The van der Waals surface area contributed by atoms with E-state index in [1.54, 1.807) is 0 Å². The lowest BCUT2D eigenvalue weighted by molar-refractivity contribution is 0.648. The second-order valence-electron chi connectivity index (χ2n) is 5.18. The summed E-state index contributed by atoms with van der Waals surface area (Å²) in [6, 6.07) is 7.34. The van der Waals surface area contributed by atoms with Crippen LogP contribution in [0.3, 0.4) is 0 Å². The van der Waals surface area contributed by atoms with E-state index in [0.717, 1.165) is 19.5 Å². The largest absolute Gasteiger partial charge is 0.328 e. The summed E-state index contributed by atoms with van der Waals surface area (Å²) in [6.07, 6.45) is 4.97. The van der Waals surface area contributed by atoms with Gasteiger partial charge in [-0.25, -0.2) is 4.98 Å². The average molecular weight is 227 g/mol. The van der Waals surface area contributed by atoms with Crippen molar-refractivity contribution in [3.8, 4) is 0 Å². The van der Waals surface area contributed by atoms with Crippen molar-refractivity contribution in [1.82, 2.24) is 14.9 Å². The molecule has 3 heteroatoms. The van der Waals surface area contributed by atoms with Gasteiger partial charge in [-0.2, -0.15) is 0 Å². The highest BCUT2D eigenvalue weighted by Crippen LogP contribution is 2.28. The molecular weight excluding hydrogens is 210 g/mol. The molecule has 3 nitrogen and oxygen atoms in total. The van der Waals surface area contributed by atoms with Crippen LogP contribution in [0.4, 0.5) is 0 Å². The van der Waals surface area contributed by atoms with Crippen LogP contribution in [-0.4, -0.2) is 16.1 Å². The number of fused-ring (bicyclic) bond motifs is 3. The highest BCUT2D eigenvalue weighted by Gasteiger charge is 2.19. The number of hydrogen-bond donors (Lipinski definition) is 1. The Kier molecular flexibility index (Phi) is 2.03. The lowest BCUT2D eigenvalue weighted by Crippen LogP contribution is -2.12. The van der Waals surface area contributed by atoms with Crippen LogP contribution in [0.15, 0.2) is 18.2 Å². The fourth-order valence-electron chi connectivity index (χ4n) is 3.21. The Morgan fingerprint density at radius 2 is 2.29 bits per heavy atom. The maximum Gasteiger partial charge on any atom is 0.109 e. The first kappa shape index (κ1) is 9.66. The molecule has 0 amide bonds. The Morgan fingerprint density at radius 1 is 1.29 bits per heavy atom. The third-order valence-corrected chi connectivity index (χ3v) is 4.10. The SMILES string of the molecule is c1cc2nc3n(c2cc1C1CCCN1)CCC3. The Labute approximate surface area is 101 Å². The van der Waals surface area contributed by atoms with Gasteiger partial charge in [0.2, 0.25) is 0 Å². The predicted molar refractivity (Wildman–Crippen MR) is 68.0 cm³/mol. The molecular formula is C14H17N3. The summed E-state index contributed by atoms with van der Waals surface area (Å²) in [5.74, 6) is 1.27. The molecule has 17 heavy (non-hydrogen) atoms. The van der Waals surface area contributed by atoms with E-state index < -0.39 is 0 Å². The van der Waals surface area contributed by atoms with E-state index in [0.29, 0.717) is 6.04 Å². The standard InChI is InChI=1S/C14H17N3/c1-3-11(15-7-1)10-5-6-12-13(9-10)17-8-2-4-14(17)16-12/h5-6,9,11,15H,1-4,7-8H2. The Morgan fingerprint density at radius 3 is 3.18 bits per heavy atom. The second-order valence-corrected chi connectivity index (χ2v) is 5.18. The third kappa shape index (κ3) is 1.42. The van der Waals surface area contributed by atoms with Gasteiger partial charge in [0.1, 0.15) is 5.82 Å². The Bertz CT molecular complexity index is 564. The maximum atomic E-state index is 4.70. The first-order valence-electron chi connectivity index (χ1n) is 6.64. The van der Waals surface area contributed by atoms with E-state index in [4.69, 9.17) is 4.98 Å². The molecule has 1 atom stereocenters. The van der Waals surface area contributed by atoms with E-state index in [1.807, 2.05) is 0 Å². The second kappa shape index (κ2) is 3.57. The number of benzene rings is 1. The lowest BCUT2D eigenvalue weighted by atomic mass is 10.0. The molecule has 0 bridgehead atoms. The molecule has 2 aliphatic rings. The van der Waals surface area contributed by atoms with Crippen molar-refractivity contribution in [3.63, 3.8) is 0 Å². The molecule has 0 saturated carbocycles. The van der Waals surface area contributed by atoms with Gasteiger partial charge in [-0.05, 0) is 43.5 Å². The zero-order valence-electron chi connectivity index (χ0n) is 9.95. The summed E-state index contributed by atoms with van der Waals surface area (Å²) in [7, 11) is 0. The molecule has 1 fully saturated rings. The van der Waals surface area contributed by atoms with Crippen molar-refractivity contribution in [1.29, 1.82) is 0 Å². The molecule has 1 saturated heterocycles. The summed E-state index contributed by atoms with van der Waals surface area (Å²) >= 11 is 0. The van der Waals surface area contributed by atoms with Gasteiger partial charge in [-0.3, -0.25) is 0 Å². The number of hydrogen-bond acceptors (Lipinski definition) is 2. The molecule has 0 spiro atoms. The Hall–Kier alpha value is -1.35. The van der Waals surface area contributed by atoms with Crippen LogP contribution in [0.2, 0.25) is 0 Å². The minimum absolute atomic E-state index is 0.562. The van der Waals surface area contributed by atoms with Crippen LogP contribution in [0.5, 0.6) is 0 Å². The number of aromatic nitrogens is 2. The average Bonchev–Trinajstić information content (AvgIpc) is 3.05. The zero-order chi connectivity index (χ0) is 11.2. The normalized spacial score (nSPS) is 23.4. The molecule has 1 aromatic heterocycles. The molecule has 3 heterocycles. The van der Waals surface area contributed by atoms with Crippen molar-refractivity contribution in [2.75, 3.05) is 6.54 Å². The minimum Gasteiger partial charge on any atom is -0.328 e. The number of imidazole rings is 1. The van der Waals surface area contributed by atoms with Gasteiger partial charge >= 0.3 is 0 Å². The van der Waals surface area contributed by atoms with Gasteiger partial charge in [-0.15, -0.1) is 0 Å². The summed E-state index contributed by atoms with van der Waals surface area (Å²) in [5, 5.41) is 3.57. The summed E-state index contributed by atoms with van der Waals surface area (Å²) in [6.45, 7) is 2.31. The molecule has 1 aromatic carbocycles. The van der Waals surface area contributed by atoms with Crippen LogP contribution in [-0.2, 0) is 13.0 Å². The smallest absolute Gasteiger partial charge is 0.109 e. The molecule has 2 aliphatic heterocycles. The molecule has 2 aromatic rings. The van der Waals surface area contributed by atoms with Gasteiger partial charge in [0.05, 0.1) is 11.0 Å². The molecule has 88 valence electrons. The van der Waals surface area contributed by atoms with Gasteiger partial charge < -0.3 is 9.88 Å². The van der Waals surface area contributed by atoms with E-state index in [9.17, 15) is 0 Å². The molecule has 4 rings (SSSR count). The van der Waals surface area contributed by atoms with Gasteiger partial charge in [0.25, 0.3) is 0 Å². The number of nitrogens with one attached hydrogen (secondary N) is 1. The van der Waals surface area contributed by atoms with Crippen molar-refractivity contribution in [2.24, 2.45) is 0 Å². The van der Waals surface area contributed by atoms with Crippen molar-refractivity contribution >= 4 is 11.0 Å². The summed E-state index contributed by atoms with van der Waals surface area (Å²) < 4.78 is 2.40. The highest BCUT2D eigenvalue weighted by molar-refractivity contribution is 5.77. The van der Waals surface area contributed by atoms with Gasteiger partial charge in [0.15, 0.2) is 0 Å². The first-order valence-corrected chi connectivity index (χ1v) is 6.64. The van der Waals surface area contributed by atoms with E-state index in [1.165, 1.54) is 41.7 Å². The maximum absolute atomic E-state index is 4.70. The molecule has 1 N–H and O–H groups in total. The van der Waals surface area contributed by atoms with E-state index in [2.05, 4.69) is 28.1 Å². The van der Waals surface area contributed by atoms with Gasteiger partial charge in [0, 0.05) is 19.0 Å². The van der Waals surface area contributed by atoms with Crippen LogP contribution in [0, 0.1) is 0 Å². The highest BCUT2D eigenvalue weighted by atomic mass is 15.1. The molecule has 1 unspecified atom stereocenters. The van der Waals surface area contributed by atoms with Crippen molar-refractivity contribution in [2.45, 2.75) is 38.3 Å². The summed E-state index contributed by atoms with van der Waals surface area (Å²) in [5.41, 5.74) is 3.94. The molecule has 0 radical (unpaired) electrons. The number of nitrogens with zero attached hydrogens (tertiary/aromatic N) is 2. The lowest BCUT2D eigenvalue weighted by Gasteiger charge is -2.10. The zero-order valence-corrected chi connectivity index (χ0v) is 9.95. The minimum atomic E-state index is 0.562.